The Kier molecular flexibility index (Phi) is 4.14. The van der Waals surface area contributed by atoms with E-state index in [-0.39, 0.29) is 6.10 Å². The number of thiocarbonyl (C=S) groups is 1. The molecule has 0 aromatic carbocycles. The van der Waals surface area contributed by atoms with E-state index in [0.717, 1.165) is 29.9 Å². The van der Waals surface area contributed by atoms with E-state index in [9.17, 15) is 0 Å². The Bertz CT molecular complexity index is 450. The van der Waals surface area contributed by atoms with Crippen molar-refractivity contribution >= 4 is 23.0 Å². The average Bonchev–Trinajstić information content (AvgIpc) is 2.75. The highest BCUT2D eigenvalue weighted by Gasteiger charge is 2.27. The van der Waals surface area contributed by atoms with E-state index in [4.69, 9.17) is 22.7 Å². The van der Waals surface area contributed by atoms with Gasteiger partial charge >= 0.3 is 0 Å². The first-order valence-corrected chi connectivity index (χ1v) is 6.59. The van der Waals surface area contributed by atoms with E-state index in [1.54, 1.807) is 7.11 Å². The van der Waals surface area contributed by atoms with Crippen LogP contribution in [0.25, 0.3) is 0 Å². The highest BCUT2D eigenvalue weighted by atomic mass is 32.1. The molecule has 4 nitrogen and oxygen atoms in total. The van der Waals surface area contributed by atoms with Gasteiger partial charge < -0.3 is 15.8 Å². The Labute approximate surface area is 113 Å². The topological polar surface area (TPSA) is 60.2 Å². The second-order valence-corrected chi connectivity index (χ2v) is 5.14. The van der Waals surface area contributed by atoms with Crippen LogP contribution in [-0.4, -0.2) is 29.2 Å². The van der Waals surface area contributed by atoms with Crippen LogP contribution >= 0.6 is 12.2 Å². The molecule has 1 heterocycles. The molecule has 98 valence electrons. The van der Waals surface area contributed by atoms with Gasteiger partial charge in [-0.05, 0) is 38.3 Å². The van der Waals surface area contributed by atoms with E-state index in [1.807, 2.05) is 19.1 Å². The van der Waals surface area contributed by atoms with Crippen LogP contribution in [0.15, 0.2) is 12.1 Å². The molecule has 1 saturated carbocycles. The summed E-state index contributed by atoms with van der Waals surface area (Å²) in [4.78, 5) is 4.87. The van der Waals surface area contributed by atoms with Gasteiger partial charge in [-0.2, -0.15) is 0 Å². The first-order valence-electron chi connectivity index (χ1n) is 6.18. The molecule has 2 rings (SSSR count). The molecular weight excluding hydrogens is 246 g/mol. The van der Waals surface area contributed by atoms with Crippen molar-refractivity contribution in [2.75, 3.05) is 12.4 Å². The average molecular weight is 265 g/mol. The standard InChI is InChI=1S/C13H19N3OS/c1-8-6-9(13(14)18)7-12(15-8)16-10-4-3-5-11(10)17-2/h6-7,10-11H,3-5H2,1-2H3,(H2,14,18)(H,15,16). The van der Waals surface area contributed by atoms with Gasteiger partial charge in [-0.1, -0.05) is 12.2 Å². The van der Waals surface area contributed by atoms with E-state index in [1.165, 1.54) is 6.42 Å². The minimum atomic E-state index is 0.264. The lowest BCUT2D eigenvalue weighted by Gasteiger charge is -2.20. The van der Waals surface area contributed by atoms with Crippen molar-refractivity contribution in [3.8, 4) is 0 Å². The Morgan fingerprint density at radius 1 is 1.50 bits per heavy atom. The van der Waals surface area contributed by atoms with Crippen molar-refractivity contribution in [3.05, 3.63) is 23.4 Å². The maximum absolute atomic E-state index is 5.66. The molecule has 1 aromatic rings. The highest BCUT2D eigenvalue weighted by molar-refractivity contribution is 7.80. The van der Waals surface area contributed by atoms with Crippen LogP contribution in [0.3, 0.4) is 0 Å². The van der Waals surface area contributed by atoms with Gasteiger partial charge in [-0.15, -0.1) is 0 Å². The molecule has 0 spiro atoms. The third kappa shape index (κ3) is 2.97. The number of nitrogens with one attached hydrogen (secondary N) is 1. The second-order valence-electron chi connectivity index (χ2n) is 4.70. The molecule has 5 heteroatoms. The number of hydrogen-bond acceptors (Lipinski definition) is 4. The molecule has 2 atom stereocenters. The number of pyridine rings is 1. The van der Waals surface area contributed by atoms with E-state index >= 15 is 0 Å². The predicted molar refractivity (Wildman–Crippen MR) is 76.9 cm³/mol. The zero-order valence-corrected chi connectivity index (χ0v) is 11.6. The molecule has 1 aromatic heterocycles. The minimum absolute atomic E-state index is 0.264. The van der Waals surface area contributed by atoms with Crippen LogP contribution in [-0.2, 0) is 4.74 Å². The van der Waals surface area contributed by atoms with Crippen molar-refractivity contribution in [2.24, 2.45) is 5.73 Å². The summed E-state index contributed by atoms with van der Waals surface area (Å²) >= 11 is 5.01. The number of aromatic nitrogens is 1. The summed E-state index contributed by atoms with van der Waals surface area (Å²) in [6.45, 7) is 1.94. The lowest BCUT2D eigenvalue weighted by atomic mass is 10.2. The number of hydrogen-bond donors (Lipinski definition) is 2. The van der Waals surface area contributed by atoms with Gasteiger partial charge in [0, 0.05) is 18.4 Å². The number of nitrogens with zero attached hydrogens (tertiary/aromatic N) is 1. The molecule has 0 aliphatic heterocycles. The maximum Gasteiger partial charge on any atom is 0.127 e. The number of aryl methyl sites for hydroxylation is 1. The van der Waals surface area contributed by atoms with Crippen molar-refractivity contribution in [3.63, 3.8) is 0 Å². The summed E-state index contributed by atoms with van der Waals surface area (Å²) < 4.78 is 5.46. The largest absolute Gasteiger partial charge is 0.389 e. The van der Waals surface area contributed by atoms with E-state index in [2.05, 4.69) is 10.3 Å². The quantitative estimate of drug-likeness (QED) is 0.815. The molecule has 1 aliphatic rings. The monoisotopic (exact) mass is 265 g/mol. The summed E-state index contributed by atoms with van der Waals surface area (Å²) in [5, 5.41) is 3.43. The lowest BCUT2D eigenvalue weighted by Crippen LogP contribution is -2.30. The van der Waals surface area contributed by atoms with Crippen LogP contribution < -0.4 is 11.1 Å². The molecule has 18 heavy (non-hydrogen) atoms. The fourth-order valence-electron chi connectivity index (χ4n) is 2.45. The molecular formula is C13H19N3OS. The number of nitrogens with two attached hydrogens (primary N) is 1. The Morgan fingerprint density at radius 3 is 2.94 bits per heavy atom. The Hall–Kier alpha value is -1.20. The molecule has 0 saturated heterocycles. The van der Waals surface area contributed by atoms with Crippen LogP contribution in [0, 0.1) is 6.92 Å². The summed E-state index contributed by atoms with van der Waals surface area (Å²) in [7, 11) is 1.76. The van der Waals surface area contributed by atoms with Crippen molar-refractivity contribution in [1.29, 1.82) is 0 Å². The normalized spacial score (nSPS) is 23.0. The predicted octanol–water partition coefficient (Wildman–Crippen LogP) is 2.00. The summed E-state index contributed by atoms with van der Waals surface area (Å²) in [5.74, 6) is 0.826. The molecule has 0 amide bonds. The molecule has 2 unspecified atom stereocenters. The van der Waals surface area contributed by atoms with Crippen molar-refractivity contribution in [1.82, 2.24) is 4.98 Å². The zero-order chi connectivity index (χ0) is 13.1. The number of anilines is 1. The van der Waals surface area contributed by atoms with E-state index < -0.39 is 0 Å². The van der Waals surface area contributed by atoms with Crippen molar-refractivity contribution < 1.29 is 4.74 Å². The van der Waals surface area contributed by atoms with Gasteiger partial charge in [0.05, 0.1) is 12.1 Å². The van der Waals surface area contributed by atoms with Crippen LogP contribution in [0.4, 0.5) is 5.82 Å². The minimum Gasteiger partial charge on any atom is -0.389 e. The van der Waals surface area contributed by atoms with Crippen LogP contribution in [0.2, 0.25) is 0 Å². The lowest BCUT2D eigenvalue weighted by molar-refractivity contribution is 0.101. The van der Waals surface area contributed by atoms with Gasteiger partial charge in [0.25, 0.3) is 0 Å². The molecule has 1 fully saturated rings. The van der Waals surface area contributed by atoms with Gasteiger partial charge in [0.2, 0.25) is 0 Å². The summed E-state index contributed by atoms with van der Waals surface area (Å²) in [6.07, 6.45) is 3.66. The number of methoxy groups -OCH3 is 1. The molecule has 3 N–H and O–H groups in total. The SMILES string of the molecule is COC1CCCC1Nc1cc(C(N)=S)cc(C)n1. The Morgan fingerprint density at radius 2 is 2.28 bits per heavy atom. The van der Waals surface area contributed by atoms with Gasteiger partial charge in [0.1, 0.15) is 10.8 Å². The fourth-order valence-corrected chi connectivity index (χ4v) is 2.57. The number of rotatable bonds is 4. The van der Waals surface area contributed by atoms with Crippen LogP contribution in [0.1, 0.15) is 30.5 Å². The van der Waals surface area contributed by atoms with Gasteiger partial charge in [-0.3, -0.25) is 0 Å². The second kappa shape index (κ2) is 5.63. The molecule has 0 radical (unpaired) electrons. The highest BCUT2D eigenvalue weighted by Crippen LogP contribution is 2.25. The zero-order valence-electron chi connectivity index (χ0n) is 10.8. The fraction of sp³-hybridized carbons (Fsp3) is 0.538. The molecule has 0 bridgehead atoms. The van der Waals surface area contributed by atoms with E-state index in [0.29, 0.717) is 11.0 Å². The molecule has 1 aliphatic carbocycles. The van der Waals surface area contributed by atoms with Gasteiger partial charge in [-0.25, -0.2) is 4.98 Å². The number of ether oxygens (including phenoxy) is 1. The van der Waals surface area contributed by atoms with Gasteiger partial charge in [0.15, 0.2) is 0 Å². The smallest absolute Gasteiger partial charge is 0.127 e. The third-order valence-corrected chi connectivity index (χ3v) is 3.56. The summed E-state index contributed by atoms with van der Waals surface area (Å²) in [5.41, 5.74) is 7.43. The maximum atomic E-state index is 5.66. The Balaban J connectivity index is 2.16. The first-order chi connectivity index (χ1) is 8.60. The van der Waals surface area contributed by atoms with Crippen LogP contribution in [0.5, 0.6) is 0 Å². The summed E-state index contributed by atoms with van der Waals surface area (Å²) in [6, 6.07) is 4.12. The van der Waals surface area contributed by atoms with Crippen molar-refractivity contribution in [2.45, 2.75) is 38.3 Å². The third-order valence-electron chi connectivity index (χ3n) is 3.33. The first kappa shape index (κ1) is 13.2.